The molecule has 0 radical (unpaired) electrons. The molecule has 18 heavy (non-hydrogen) atoms. The van der Waals surface area contributed by atoms with Gasteiger partial charge >= 0.3 is 0 Å². The summed E-state index contributed by atoms with van der Waals surface area (Å²) >= 11 is 0. The van der Waals surface area contributed by atoms with E-state index in [4.69, 9.17) is 0 Å². The van der Waals surface area contributed by atoms with E-state index < -0.39 is 0 Å². The molecular formula is C12H27Cl2N3O. The Kier molecular flexibility index (Phi) is 12.2. The Labute approximate surface area is 123 Å². The second kappa shape index (κ2) is 10.9. The molecule has 1 aliphatic heterocycles. The van der Waals surface area contributed by atoms with Crippen LogP contribution in [-0.2, 0) is 4.79 Å². The number of halogens is 2. The van der Waals surface area contributed by atoms with Gasteiger partial charge in [-0.2, -0.15) is 0 Å². The van der Waals surface area contributed by atoms with Crippen LogP contribution in [0, 0.1) is 11.8 Å². The summed E-state index contributed by atoms with van der Waals surface area (Å²) in [7, 11) is 0. The molecule has 1 fully saturated rings. The summed E-state index contributed by atoms with van der Waals surface area (Å²) in [6, 6.07) is 0. The van der Waals surface area contributed by atoms with Crippen LogP contribution >= 0.6 is 24.8 Å². The molecule has 6 heteroatoms. The highest BCUT2D eigenvalue weighted by atomic mass is 35.5. The smallest absolute Gasteiger partial charge is 0.223 e. The first-order valence-corrected chi connectivity index (χ1v) is 6.39. The highest BCUT2D eigenvalue weighted by Crippen LogP contribution is 2.15. The van der Waals surface area contributed by atoms with E-state index in [0.717, 1.165) is 39.3 Å². The molecule has 2 N–H and O–H groups in total. The maximum Gasteiger partial charge on any atom is 0.223 e. The summed E-state index contributed by atoms with van der Waals surface area (Å²) in [6.07, 6.45) is 0. The lowest BCUT2D eigenvalue weighted by molar-refractivity contribution is -0.126. The first-order valence-electron chi connectivity index (χ1n) is 6.39. The van der Waals surface area contributed by atoms with Crippen LogP contribution in [0.3, 0.4) is 0 Å². The second-order valence-electron chi connectivity index (χ2n) is 4.52. The number of amides is 1. The highest BCUT2D eigenvalue weighted by molar-refractivity contribution is 5.85. The lowest BCUT2D eigenvalue weighted by Gasteiger charge is -2.31. The van der Waals surface area contributed by atoms with Gasteiger partial charge in [0.1, 0.15) is 0 Å². The maximum atomic E-state index is 11.8. The van der Waals surface area contributed by atoms with Crippen molar-refractivity contribution in [3.05, 3.63) is 0 Å². The number of carbonyl (C=O) groups excluding carboxylic acids is 1. The fourth-order valence-corrected chi connectivity index (χ4v) is 1.92. The number of nitrogens with zero attached hydrogens (tertiary/aromatic N) is 1. The van der Waals surface area contributed by atoms with Crippen LogP contribution in [0.4, 0.5) is 0 Å². The minimum Gasteiger partial charge on any atom is -0.355 e. The summed E-state index contributed by atoms with van der Waals surface area (Å²) in [4.78, 5) is 14.1. The highest BCUT2D eigenvalue weighted by Gasteiger charge is 2.28. The van der Waals surface area contributed by atoms with Crippen LogP contribution < -0.4 is 10.6 Å². The van der Waals surface area contributed by atoms with Crippen LogP contribution in [-0.4, -0.2) is 50.1 Å². The van der Waals surface area contributed by atoms with Crippen molar-refractivity contribution in [3.63, 3.8) is 0 Å². The van der Waals surface area contributed by atoms with E-state index in [-0.39, 0.29) is 36.6 Å². The van der Waals surface area contributed by atoms with Crippen LogP contribution in [0.1, 0.15) is 20.8 Å². The summed E-state index contributed by atoms with van der Waals surface area (Å²) in [5, 5.41) is 6.22. The number of likely N-dealkylation sites (N-methyl/N-ethyl adjacent to an activating group) is 1. The molecule has 110 valence electrons. The first kappa shape index (κ1) is 20.3. The third-order valence-electron chi connectivity index (χ3n) is 3.56. The van der Waals surface area contributed by atoms with E-state index in [1.54, 1.807) is 0 Å². The first-order chi connectivity index (χ1) is 7.69. The second-order valence-corrected chi connectivity index (χ2v) is 4.52. The van der Waals surface area contributed by atoms with Crippen molar-refractivity contribution >= 4 is 30.7 Å². The fourth-order valence-electron chi connectivity index (χ4n) is 1.92. The molecule has 1 saturated heterocycles. The Balaban J connectivity index is 0. The Bertz CT molecular complexity index is 221. The molecular weight excluding hydrogens is 273 g/mol. The van der Waals surface area contributed by atoms with Gasteiger partial charge < -0.3 is 15.5 Å². The van der Waals surface area contributed by atoms with Gasteiger partial charge in [-0.1, -0.05) is 20.8 Å². The molecule has 1 heterocycles. The zero-order valence-corrected chi connectivity index (χ0v) is 13.2. The van der Waals surface area contributed by atoms with E-state index >= 15 is 0 Å². The van der Waals surface area contributed by atoms with Crippen LogP contribution in [0.2, 0.25) is 0 Å². The Morgan fingerprint density at radius 1 is 1.33 bits per heavy atom. The summed E-state index contributed by atoms with van der Waals surface area (Å²) in [6.45, 7) is 12.1. The predicted octanol–water partition coefficient (Wildman–Crippen LogP) is 1.14. The minimum absolute atomic E-state index is 0. The van der Waals surface area contributed by atoms with Crippen molar-refractivity contribution in [2.45, 2.75) is 20.8 Å². The van der Waals surface area contributed by atoms with Gasteiger partial charge in [-0.15, -0.1) is 24.8 Å². The SMILES string of the molecule is CCN(CC)CCNC(=O)C(C)C1CNC1.Cl.Cl. The molecule has 1 unspecified atom stereocenters. The molecule has 0 spiro atoms. The molecule has 4 nitrogen and oxygen atoms in total. The van der Waals surface area contributed by atoms with Gasteiger partial charge in [0.2, 0.25) is 5.91 Å². The summed E-state index contributed by atoms with van der Waals surface area (Å²) in [5.74, 6) is 0.894. The number of hydrogen-bond acceptors (Lipinski definition) is 3. The topological polar surface area (TPSA) is 44.4 Å². The van der Waals surface area contributed by atoms with Crippen molar-refractivity contribution in [1.29, 1.82) is 0 Å². The van der Waals surface area contributed by atoms with E-state index in [2.05, 4.69) is 29.4 Å². The standard InChI is InChI=1S/C12H25N3O.2ClH/c1-4-15(5-2)7-6-14-12(16)10(3)11-8-13-9-11;;/h10-11,13H,4-9H2,1-3H3,(H,14,16);2*1H. The number of hydrogen-bond donors (Lipinski definition) is 2. The number of nitrogens with one attached hydrogen (secondary N) is 2. The Hall–Kier alpha value is -0.0300. The average molecular weight is 300 g/mol. The van der Waals surface area contributed by atoms with Gasteiger partial charge in [-0.3, -0.25) is 4.79 Å². The van der Waals surface area contributed by atoms with E-state index in [9.17, 15) is 4.79 Å². The van der Waals surface area contributed by atoms with Gasteiger partial charge in [0.25, 0.3) is 0 Å². The van der Waals surface area contributed by atoms with Gasteiger partial charge in [-0.05, 0) is 32.1 Å². The van der Waals surface area contributed by atoms with E-state index in [1.165, 1.54) is 0 Å². The third kappa shape index (κ3) is 6.23. The van der Waals surface area contributed by atoms with E-state index in [1.807, 2.05) is 6.92 Å². The molecule has 1 aliphatic rings. The van der Waals surface area contributed by atoms with Crippen molar-refractivity contribution in [3.8, 4) is 0 Å². The number of rotatable bonds is 7. The third-order valence-corrected chi connectivity index (χ3v) is 3.56. The summed E-state index contributed by atoms with van der Waals surface area (Å²) in [5.41, 5.74) is 0. The number of carbonyl (C=O) groups is 1. The molecule has 0 aromatic heterocycles. The van der Waals surface area contributed by atoms with Gasteiger partial charge in [0.15, 0.2) is 0 Å². The molecule has 1 atom stereocenters. The van der Waals surface area contributed by atoms with Crippen molar-refractivity contribution < 1.29 is 4.79 Å². The zero-order valence-electron chi connectivity index (χ0n) is 11.6. The molecule has 0 aromatic carbocycles. The molecule has 1 amide bonds. The van der Waals surface area contributed by atoms with Gasteiger partial charge in [-0.25, -0.2) is 0 Å². The van der Waals surface area contributed by atoms with Gasteiger partial charge in [0, 0.05) is 19.0 Å². The predicted molar refractivity (Wildman–Crippen MR) is 80.8 cm³/mol. The quantitative estimate of drug-likeness (QED) is 0.741. The van der Waals surface area contributed by atoms with Crippen molar-refractivity contribution in [2.75, 3.05) is 39.3 Å². The van der Waals surface area contributed by atoms with Crippen molar-refractivity contribution in [2.24, 2.45) is 11.8 Å². The monoisotopic (exact) mass is 299 g/mol. The van der Waals surface area contributed by atoms with E-state index in [0.29, 0.717) is 5.92 Å². The Morgan fingerprint density at radius 3 is 2.28 bits per heavy atom. The average Bonchev–Trinajstić information content (AvgIpc) is 2.21. The molecule has 0 aliphatic carbocycles. The normalized spacial score (nSPS) is 16.2. The molecule has 0 aromatic rings. The Morgan fingerprint density at radius 2 is 1.89 bits per heavy atom. The van der Waals surface area contributed by atoms with Crippen molar-refractivity contribution in [1.82, 2.24) is 15.5 Å². The fraction of sp³-hybridized carbons (Fsp3) is 0.917. The van der Waals surface area contributed by atoms with Crippen LogP contribution in [0.5, 0.6) is 0 Å². The molecule has 1 rings (SSSR count). The van der Waals surface area contributed by atoms with Crippen LogP contribution in [0.25, 0.3) is 0 Å². The largest absolute Gasteiger partial charge is 0.355 e. The lowest BCUT2D eigenvalue weighted by atomic mass is 9.88. The molecule has 0 bridgehead atoms. The molecule has 0 saturated carbocycles. The zero-order chi connectivity index (χ0) is 12.0. The van der Waals surface area contributed by atoms with Crippen LogP contribution in [0.15, 0.2) is 0 Å². The summed E-state index contributed by atoms with van der Waals surface area (Å²) < 4.78 is 0. The lowest BCUT2D eigenvalue weighted by Crippen LogP contribution is -2.50. The minimum atomic E-state index is 0. The van der Waals surface area contributed by atoms with Gasteiger partial charge in [0.05, 0.1) is 0 Å². The maximum absolute atomic E-state index is 11.8.